The van der Waals surface area contributed by atoms with Crippen LogP contribution in [0.2, 0.25) is 0 Å². The topological polar surface area (TPSA) is 87.3 Å². The third-order valence-corrected chi connectivity index (χ3v) is 8.79. The van der Waals surface area contributed by atoms with Gasteiger partial charge in [-0.3, -0.25) is 14.4 Å². The van der Waals surface area contributed by atoms with Gasteiger partial charge < -0.3 is 16.0 Å². The van der Waals surface area contributed by atoms with Crippen LogP contribution < -0.4 is 16.0 Å². The number of hydrogen-bond donors (Lipinski definition) is 3. The summed E-state index contributed by atoms with van der Waals surface area (Å²) in [6.45, 7) is 0. The molecule has 0 bridgehead atoms. The monoisotopic (exact) mass is 555 g/mol. The zero-order chi connectivity index (χ0) is 28.6. The molecule has 0 fully saturated rings. The number of anilines is 3. The molecule has 6 nitrogen and oxygen atoms in total. The quantitative estimate of drug-likeness (QED) is 0.242. The summed E-state index contributed by atoms with van der Waals surface area (Å²) in [6.07, 6.45) is 9.57. The largest absolute Gasteiger partial charge is 0.322 e. The van der Waals surface area contributed by atoms with E-state index >= 15 is 0 Å². The zero-order valence-corrected chi connectivity index (χ0v) is 23.5. The molecule has 0 aliphatic heterocycles. The fourth-order valence-corrected chi connectivity index (χ4v) is 6.58. The van der Waals surface area contributed by atoms with Gasteiger partial charge in [-0.1, -0.05) is 18.2 Å². The molecular formula is C36H33N3O3. The molecule has 0 heterocycles. The van der Waals surface area contributed by atoms with Crippen LogP contribution in [0.25, 0.3) is 0 Å². The Morgan fingerprint density at radius 2 is 0.667 bits per heavy atom. The second kappa shape index (κ2) is 10.9. The van der Waals surface area contributed by atoms with E-state index in [0.29, 0.717) is 17.1 Å². The Morgan fingerprint density at radius 1 is 0.381 bits per heavy atom. The van der Waals surface area contributed by atoms with Gasteiger partial charge in [0.05, 0.1) is 0 Å². The molecule has 210 valence electrons. The number of rotatable bonds is 6. The van der Waals surface area contributed by atoms with E-state index in [1.807, 2.05) is 36.4 Å². The number of amides is 3. The maximum atomic E-state index is 13.5. The van der Waals surface area contributed by atoms with Crippen molar-refractivity contribution in [2.24, 2.45) is 0 Å². The molecule has 3 aliphatic rings. The molecule has 0 saturated carbocycles. The van der Waals surface area contributed by atoms with Crippen molar-refractivity contribution in [2.45, 2.75) is 57.8 Å². The predicted molar refractivity (Wildman–Crippen MR) is 166 cm³/mol. The van der Waals surface area contributed by atoms with Crippen LogP contribution in [0.3, 0.4) is 0 Å². The van der Waals surface area contributed by atoms with Gasteiger partial charge in [-0.15, -0.1) is 0 Å². The number of benzene rings is 4. The molecule has 6 heteroatoms. The van der Waals surface area contributed by atoms with Gasteiger partial charge in [0.1, 0.15) is 0 Å². The van der Waals surface area contributed by atoms with Crippen molar-refractivity contribution in [1.82, 2.24) is 0 Å². The van der Waals surface area contributed by atoms with Crippen LogP contribution >= 0.6 is 0 Å². The SMILES string of the molecule is O=C(Nc1ccc2c(c1)CCC2)c1cc(C(=O)Nc2ccc3c(c2)CCC3)cc(C(=O)Nc2ccc3c(c2)CCC3)c1. The molecule has 0 atom stereocenters. The van der Waals surface area contributed by atoms with Crippen LogP contribution in [-0.2, 0) is 38.5 Å². The van der Waals surface area contributed by atoms with Crippen LogP contribution in [0.1, 0.15) is 83.7 Å². The number of fused-ring (bicyclic) bond motifs is 3. The zero-order valence-electron chi connectivity index (χ0n) is 23.5. The maximum Gasteiger partial charge on any atom is 0.255 e. The summed E-state index contributed by atoms with van der Waals surface area (Å²) < 4.78 is 0. The molecule has 3 aliphatic carbocycles. The molecule has 3 amide bonds. The first-order valence-corrected chi connectivity index (χ1v) is 14.9. The first-order valence-electron chi connectivity index (χ1n) is 14.9. The van der Waals surface area contributed by atoms with E-state index in [4.69, 9.17) is 0 Å². The minimum Gasteiger partial charge on any atom is -0.322 e. The van der Waals surface area contributed by atoms with Crippen molar-refractivity contribution < 1.29 is 14.4 Å². The summed E-state index contributed by atoms with van der Waals surface area (Å²) in [5.74, 6) is -1.11. The molecular weight excluding hydrogens is 522 g/mol. The van der Waals surface area contributed by atoms with Crippen LogP contribution in [0.4, 0.5) is 17.1 Å². The van der Waals surface area contributed by atoms with Gasteiger partial charge in [0.25, 0.3) is 17.7 Å². The van der Waals surface area contributed by atoms with Gasteiger partial charge in [-0.05, 0) is 146 Å². The Kier molecular flexibility index (Phi) is 6.82. The van der Waals surface area contributed by atoms with Gasteiger partial charge in [0.15, 0.2) is 0 Å². The highest BCUT2D eigenvalue weighted by Crippen LogP contribution is 2.28. The molecule has 0 aromatic heterocycles. The second-order valence-corrected chi connectivity index (χ2v) is 11.7. The van der Waals surface area contributed by atoms with E-state index in [1.54, 1.807) is 18.2 Å². The highest BCUT2D eigenvalue weighted by molar-refractivity contribution is 6.13. The van der Waals surface area contributed by atoms with Crippen molar-refractivity contribution in [1.29, 1.82) is 0 Å². The smallest absolute Gasteiger partial charge is 0.255 e. The third kappa shape index (κ3) is 5.32. The first-order chi connectivity index (χ1) is 20.5. The Morgan fingerprint density at radius 3 is 0.976 bits per heavy atom. The minimum atomic E-state index is -0.369. The van der Waals surface area contributed by atoms with Crippen molar-refractivity contribution in [3.05, 3.63) is 123 Å². The van der Waals surface area contributed by atoms with E-state index in [2.05, 4.69) is 34.1 Å². The molecule has 42 heavy (non-hydrogen) atoms. The van der Waals surface area contributed by atoms with Gasteiger partial charge in [-0.25, -0.2) is 0 Å². The van der Waals surface area contributed by atoms with Crippen LogP contribution in [0, 0.1) is 0 Å². The van der Waals surface area contributed by atoms with Crippen molar-refractivity contribution in [2.75, 3.05) is 16.0 Å². The number of nitrogens with one attached hydrogen (secondary N) is 3. The van der Waals surface area contributed by atoms with E-state index in [-0.39, 0.29) is 34.4 Å². The summed E-state index contributed by atoms with van der Waals surface area (Å²) >= 11 is 0. The second-order valence-electron chi connectivity index (χ2n) is 11.7. The molecule has 0 saturated heterocycles. The third-order valence-electron chi connectivity index (χ3n) is 8.79. The lowest BCUT2D eigenvalue weighted by Gasteiger charge is -2.13. The number of hydrogen-bond acceptors (Lipinski definition) is 3. The summed E-state index contributed by atoms with van der Waals surface area (Å²) in [4.78, 5) is 40.4. The van der Waals surface area contributed by atoms with Gasteiger partial charge in [-0.2, -0.15) is 0 Å². The first kappa shape index (κ1) is 26.2. The number of carbonyl (C=O) groups is 3. The molecule has 4 aromatic rings. The summed E-state index contributed by atoms with van der Waals surface area (Å²) in [6, 6.07) is 22.6. The van der Waals surface area contributed by atoms with E-state index in [0.717, 1.165) is 57.8 Å². The molecule has 0 radical (unpaired) electrons. The highest BCUT2D eigenvalue weighted by Gasteiger charge is 2.20. The summed E-state index contributed by atoms with van der Waals surface area (Å²) in [7, 11) is 0. The Balaban J connectivity index is 1.17. The summed E-state index contributed by atoms with van der Waals surface area (Å²) in [5, 5.41) is 8.92. The van der Waals surface area contributed by atoms with Crippen molar-refractivity contribution in [3.63, 3.8) is 0 Å². The lowest BCUT2D eigenvalue weighted by molar-refractivity contribution is 0.102. The van der Waals surface area contributed by atoms with E-state index in [1.165, 1.54) is 33.4 Å². The Labute approximate surface area is 245 Å². The van der Waals surface area contributed by atoms with Crippen LogP contribution in [0.15, 0.2) is 72.8 Å². The van der Waals surface area contributed by atoms with Gasteiger partial charge in [0, 0.05) is 33.8 Å². The molecule has 3 N–H and O–H groups in total. The standard InChI is InChI=1S/C36H33N3O3/c40-34(37-31-13-10-22-4-1-7-25(22)19-31)28-16-29(35(41)38-32-14-11-23-5-2-8-26(23)20-32)18-30(17-28)36(42)39-33-15-12-24-6-3-9-27(24)21-33/h10-21H,1-9H2,(H,37,40)(H,38,41)(H,39,42). The lowest BCUT2D eigenvalue weighted by atomic mass is 10.0. The van der Waals surface area contributed by atoms with Crippen molar-refractivity contribution in [3.8, 4) is 0 Å². The molecule has 7 rings (SSSR count). The van der Waals surface area contributed by atoms with Gasteiger partial charge >= 0.3 is 0 Å². The van der Waals surface area contributed by atoms with E-state index < -0.39 is 0 Å². The maximum absolute atomic E-state index is 13.5. The van der Waals surface area contributed by atoms with Crippen molar-refractivity contribution >= 4 is 34.8 Å². The number of aryl methyl sites for hydroxylation is 6. The molecule has 4 aromatic carbocycles. The Bertz CT molecular complexity index is 1540. The van der Waals surface area contributed by atoms with Crippen LogP contribution in [0.5, 0.6) is 0 Å². The van der Waals surface area contributed by atoms with Gasteiger partial charge in [0.2, 0.25) is 0 Å². The summed E-state index contributed by atoms with van der Waals surface area (Å²) in [5.41, 5.74) is 10.6. The molecule has 0 spiro atoms. The fraction of sp³-hybridized carbons (Fsp3) is 0.250. The predicted octanol–water partition coefficient (Wildman–Crippen LogP) is 6.91. The highest BCUT2D eigenvalue weighted by atomic mass is 16.2. The minimum absolute atomic E-state index is 0.246. The van der Waals surface area contributed by atoms with Crippen LogP contribution in [-0.4, -0.2) is 17.7 Å². The lowest BCUT2D eigenvalue weighted by Crippen LogP contribution is -2.19. The fourth-order valence-electron chi connectivity index (χ4n) is 6.58. The Hall–Kier alpha value is -4.71. The van der Waals surface area contributed by atoms with E-state index in [9.17, 15) is 14.4 Å². The number of carbonyl (C=O) groups excluding carboxylic acids is 3. The molecule has 0 unspecified atom stereocenters. The average Bonchev–Trinajstić information content (AvgIpc) is 3.77. The normalized spacial score (nSPS) is 14.6. The average molecular weight is 556 g/mol.